The number of nitrogens with zero attached hydrogens (tertiary/aromatic N) is 1. The normalized spacial score (nSPS) is 13.7. The van der Waals surface area contributed by atoms with Crippen LogP contribution in [0.2, 0.25) is 0 Å². The average Bonchev–Trinajstić information content (AvgIpc) is 3.27. The predicted octanol–water partition coefficient (Wildman–Crippen LogP) is 14.2. The molecule has 0 rings (SSSR count). The van der Waals surface area contributed by atoms with Crippen molar-refractivity contribution < 1.29 is 42.9 Å². The molecule has 0 aliphatic heterocycles. The van der Waals surface area contributed by atoms with Gasteiger partial charge in [0.15, 0.2) is 6.10 Å². The third-order valence-corrected chi connectivity index (χ3v) is 10.3. The number of quaternary nitrogens is 1. The van der Waals surface area contributed by atoms with Gasteiger partial charge in [0.1, 0.15) is 13.2 Å². The van der Waals surface area contributed by atoms with Gasteiger partial charge in [-0.05, 0) is 96.3 Å². The first-order valence-corrected chi connectivity index (χ1v) is 25.4. The first-order chi connectivity index (χ1) is 31.6. The number of carbonyl (C=O) groups is 3. The summed E-state index contributed by atoms with van der Waals surface area (Å²) < 4.78 is 22.7. The monoisotopic (exact) mass is 909 g/mol. The second kappa shape index (κ2) is 46.7. The maximum Gasteiger partial charge on any atom is 0.361 e. The number of hydrogen-bond donors (Lipinski definition) is 1. The predicted molar refractivity (Wildman–Crippen MR) is 272 cm³/mol. The molecule has 9 heteroatoms. The van der Waals surface area contributed by atoms with Gasteiger partial charge < -0.3 is 28.5 Å². The molecule has 0 aliphatic rings. The van der Waals surface area contributed by atoms with E-state index in [2.05, 4.69) is 111 Å². The SMILES string of the molecule is CC/C=C\C/C=C\C/C=C\C/C=C\C/C=C\CCCCCC(=O)OC(COC(=O)CCCCCCCC/C=C\C/C=C\C/C=C\CCCCCCC)COC(OCC[N+](C)(C)C)C(=O)O. The second-order valence-electron chi connectivity index (χ2n) is 17.7. The molecule has 0 saturated heterocycles. The van der Waals surface area contributed by atoms with Crippen LogP contribution in [0, 0.1) is 0 Å². The average molecular weight is 909 g/mol. The van der Waals surface area contributed by atoms with Crippen LogP contribution in [-0.4, -0.2) is 87.4 Å². The van der Waals surface area contributed by atoms with Gasteiger partial charge in [0.05, 0.1) is 34.4 Å². The molecule has 9 nitrogen and oxygen atoms in total. The third-order valence-electron chi connectivity index (χ3n) is 10.3. The first-order valence-electron chi connectivity index (χ1n) is 25.4. The van der Waals surface area contributed by atoms with Crippen LogP contribution in [0.1, 0.15) is 181 Å². The molecular weight excluding hydrogens is 815 g/mol. The van der Waals surface area contributed by atoms with E-state index in [1.54, 1.807) is 0 Å². The summed E-state index contributed by atoms with van der Waals surface area (Å²) in [5.74, 6) is -2.08. The van der Waals surface area contributed by atoms with Crippen LogP contribution in [0.4, 0.5) is 0 Å². The first kappa shape index (κ1) is 61.2. The molecule has 2 atom stereocenters. The summed E-state index contributed by atoms with van der Waals surface area (Å²) in [7, 11) is 5.93. The van der Waals surface area contributed by atoms with E-state index in [-0.39, 0.29) is 38.6 Å². The fraction of sp³-hybridized carbons (Fsp3) is 0.661. The standard InChI is InChI=1S/C56H93NO8/c1-6-8-10-12-14-16-18-20-22-24-26-27-29-30-32-34-36-38-40-42-44-46-53(58)63-50-52(51-64-56(55(60)61)62-49-48-57(3,4)5)65-54(59)47-45-43-41-39-37-35-33-31-28-25-23-21-19-17-15-13-11-9-7-2/h9,11,15,17-18,20-21,23-24,26,28-31,35,37,52,56H,6-8,10,12-14,16,19,22,25,27,32-34,36,38-51H2,1-5H3/p+1/b11-9-,17-15-,20-18-,23-21-,26-24-,30-29-,31-28-,37-35-. The smallest absolute Gasteiger partial charge is 0.361 e. The van der Waals surface area contributed by atoms with Crippen LogP contribution in [0.15, 0.2) is 97.2 Å². The summed E-state index contributed by atoms with van der Waals surface area (Å²) >= 11 is 0. The molecule has 0 saturated carbocycles. The summed E-state index contributed by atoms with van der Waals surface area (Å²) in [5, 5.41) is 9.67. The maximum absolute atomic E-state index is 12.8. The third kappa shape index (κ3) is 48.0. The number of ether oxygens (including phenoxy) is 4. The van der Waals surface area contributed by atoms with Gasteiger partial charge in [-0.3, -0.25) is 9.59 Å². The van der Waals surface area contributed by atoms with Crippen molar-refractivity contribution >= 4 is 17.9 Å². The van der Waals surface area contributed by atoms with Crippen LogP contribution in [0.25, 0.3) is 0 Å². The highest BCUT2D eigenvalue weighted by atomic mass is 16.7. The Kier molecular flexibility index (Phi) is 44.0. The van der Waals surface area contributed by atoms with Crippen molar-refractivity contribution in [3.63, 3.8) is 0 Å². The largest absolute Gasteiger partial charge is 0.477 e. The Morgan fingerprint density at radius 2 is 0.877 bits per heavy atom. The lowest BCUT2D eigenvalue weighted by Crippen LogP contribution is -2.40. The van der Waals surface area contributed by atoms with E-state index < -0.39 is 24.3 Å². The highest BCUT2D eigenvalue weighted by molar-refractivity contribution is 5.71. The van der Waals surface area contributed by atoms with Gasteiger partial charge in [0.25, 0.3) is 6.29 Å². The number of hydrogen-bond acceptors (Lipinski definition) is 7. The molecule has 0 bridgehead atoms. The molecule has 0 fully saturated rings. The molecule has 0 aromatic rings. The number of carboxylic acids is 1. The minimum Gasteiger partial charge on any atom is -0.477 e. The lowest BCUT2D eigenvalue weighted by Gasteiger charge is -2.25. The van der Waals surface area contributed by atoms with Crippen LogP contribution in [0.5, 0.6) is 0 Å². The Morgan fingerprint density at radius 3 is 1.32 bits per heavy atom. The van der Waals surface area contributed by atoms with Crippen molar-refractivity contribution in [1.82, 2.24) is 0 Å². The molecular formula is C56H94NO8+. The summed E-state index contributed by atoms with van der Waals surface area (Å²) in [6.45, 7) is 4.67. The highest BCUT2D eigenvalue weighted by Crippen LogP contribution is 2.12. The quantitative estimate of drug-likeness (QED) is 0.0212. The number of carbonyl (C=O) groups excluding carboxylic acids is 2. The van der Waals surface area contributed by atoms with E-state index >= 15 is 0 Å². The van der Waals surface area contributed by atoms with E-state index in [0.29, 0.717) is 17.4 Å². The molecule has 0 radical (unpaired) electrons. The van der Waals surface area contributed by atoms with E-state index in [4.69, 9.17) is 18.9 Å². The number of likely N-dealkylation sites (N-methyl/N-ethyl adjacent to an activating group) is 1. The number of carboxylic acid groups (broad SMARTS) is 1. The molecule has 0 aliphatic carbocycles. The van der Waals surface area contributed by atoms with E-state index in [1.165, 1.54) is 51.4 Å². The van der Waals surface area contributed by atoms with Gasteiger partial charge >= 0.3 is 17.9 Å². The lowest BCUT2D eigenvalue weighted by atomic mass is 10.1. The molecule has 370 valence electrons. The minimum absolute atomic E-state index is 0.173. The minimum atomic E-state index is -1.53. The number of allylic oxidation sites excluding steroid dienone is 16. The number of unbranched alkanes of at least 4 members (excludes halogenated alkanes) is 14. The Balaban J connectivity index is 4.47. The molecule has 65 heavy (non-hydrogen) atoms. The second-order valence-corrected chi connectivity index (χ2v) is 17.7. The van der Waals surface area contributed by atoms with Crippen molar-refractivity contribution in [2.45, 2.75) is 193 Å². The van der Waals surface area contributed by atoms with E-state index in [9.17, 15) is 19.5 Å². The Morgan fingerprint density at radius 1 is 0.477 bits per heavy atom. The zero-order valence-electron chi connectivity index (χ0n) is 41.9. The van der Waals surface area contributed by atoms with Gasteiger partial charge in [-0.2, -0.15) is 0 Å². The van der Waals surface area contributed by atoms with Crippen molar-refractivity contribution in [2.75, 3.05) is 47.5 Å². The van der Waals surface area contributed by atoms with Crippen molar-refractivity contribution in [3.8, 4) is 0 Å². The molecule has 2 unspecified atom stereocenters. The lowest BCUT2D eigenvalue weighted by molar-refractivity contribution is -0.870. The van der Waals surface area contributed by atoms with Gasteiger partial charge in [-0.25, -0.2) is 4.79 Å². The van der Waals surface area contributed by atoms with Crippen molar-refractivity contribution in [3.05, 3.63) is 97.2 Å². The Labute approximate surface area is 397 Å². The Bertz CT molecular complexity index is 1380. The van der Waals surface area contributed by atoms with Crippen LogP contribution in [0.3, 0.4) is 0 Å². The summed E-state index contributed by atoms with van der Waals surface area (Å²) in [6, 6.07) is 0. The number of esters is 2. The summed E-state index contributed by atoms with van der Waals surface area (Å²) in [6.07, 6.45) is 59.0. The van der Waals surface area contributed by atoms with Gasteiger partial charge in [0.2, 0.25) is 0 Å². The molecule has 0 heterocycles. The zero-order chi connectivity index (χ0) is 47.7. The zero-order valence-corrected chi connectivity index (χ0v) is 41.9. The topological polar surface area (TPSA) is 108 Å². The highest BCUT2D eigenvalue weighted by Gasteiger charge is 2.25. The molecule has 0 aromatic heterocycles. The molecule has 0 aromatic carbocycles. The van der Waals surface area contributed by atoms with E-state index in [1.807, 2.05) is 21.1 Å². The van der Waals surface area contributed by atoms with Crippen LogP contribution >= 0.6 is 0 Å². The summed E-state index contributed by atoms with van der Waals surface area (Å²) in [5.41, 5.74) is 0. The van der Waals surface area contributed by atoms with Crippen molar-refractivity contribution in [2.24, 2.45) is 0 Å². The fourth-order valence-electron chi connectivity index (χ4n) is 6.40. The van der Waals surface area contributed by atoms with E-state index in [0.717, 1.165) is 96.3 Å². The van der Waals surface area contributed by atoms with Crippen LogP contribution in [-0.2, 0) is 33.3 Å². The number of aliphatic carboxylic acids is 1. The summed E-state index contributed by atoms with van der Waals surface area (Å²) in [4.78, 5) is 37.3. The molecule has 0 spiro atoms. The van der Waals surface area contributed by atoms with Gasteiger partial charge in [-0.1, -0.05) is 169 Å². The fourth-order valence-corrected chi connectivity index (χ4v) is 6.40. The van der Waals surface area contributed by atoms with Crippen molar-refractivity contribution in [1.29, 1.82) is 0 Å². The number of rotatable bonds is 45. The Hall–Kier alpha value is -3.79. The molecule has 1 N–H and O–H groups in total. The van der Waals surface area contributed by atoms with Gasteiger partial charge in [-0.15, -0.1) is 0 Å². The van der Waals surface area contributed by atoms with Crippen LogP contribution < -0.4 is 0 Å². The van der Waals surface area contributed by atoms with Gasteiger partial charge in [0, 0.05) is 12.8 Å². The molecule has 0 amide bonds. The maximum atomic E-state index is 12.8.